The van der Waals surface area contributed by atoms with Crippen LogP contribution < -0.4 is 10.6 Å². The molecule has 1 aromatic heterocycles. The van der Waals surface area contributed by atoms with Crippen molar-refractivity contribution >= 4 is 41.5 Å². The highest BCUT2D eigenvalue weighted by Gasteiger charge is 2.27. The van der Waals surface area contributed by atoms with Crippen molar-refractivity contribution in [1.82, 2.24) is 15.5 Å². The van der Waals surface area contributed by atoms with Gasteiger partial charge in [-0.1, -0.05) is 17.7 Å². The van der Waals surface area contributed by atoms with E-state index in [0.29, 0.717) is 29.6 Å². The minimum Gasteiger partial charge on any atom is -0.467 e. The fraction of sp³-hybridized carbons (Fsp3) is 0.421. The van der Waals surface area contributed by atoms with E-state index in [9.17, 15) is 4.39 Å². The first-order valence-electron chi connectivity index (χ1n) is 8.84. The number of nitrogens with zero attached hydrogens (tertiary/aromatic N) is 2. The Morgan fingerprint density at radius 1 is 1.26 bits per heavy atom. The number of hydrogen-bond donors (Lipinski definition) is 2. The number of likely N-dealkylation sites (tertiary alicyclic amines) is 1. The van der Waals surface area contributed by atoms with Gasteiger partial charge in [-0.05, 0) is 50.2 Å². The van der Waals surface area contributed by atoms with Crippen molar-refractivity contribution < 1.29 is 8.81 Å². The summed E-state index contributed by atoms with van der Waals surface area (Å²) in [6.07, 6.45) is 3.87. The molecule has 5 nitrogen and oxygen atoms in total. The van der Waals surface area contributed by atoms with Gasteiger partial charge in [0.05, 0.1) is 18.8 Å². The van der Waals surface area contributed by atoms with Crippen LogP contribution in [0.2, 0.25) is 5.02 Å². The van der Waals surface area contributed by atoms with E-state index in [2.05, 4.69) is 20.5 Å². The largest absolute Gasteiger partial charge is 0.467 e. The zero-order valence-corrected chi connectivity index (χ0v) is 18.3. The molecule has 0 spiro atoms. The van der Waals surface area contributed by atoms with Crippen molar-refractivity contribution in [3.05, 3.63) is 58.8 Å². The number of rotatable bonds is 6. The SMILES string of the molecule is CN=C(NCc1ccco1)NCC(c1c(F)cccc1Cl)N1CCCC1.I. The van der Waals surface area contributed by atoms with Crippen molar-refractivity contribution in [1.29, 1.82) is 0 Å². The number of furan rings is 1. The van der Waals surface area contributed by atoms with E-state index in [-0.39, 0.29) is 35.8 Å². The highest BCUT2D eigenvalue weighted by Crippen LogP contribution is 2.31. The third-order valence-corrected chi connectivity index (χ3v) is 4.94. The molecule has 3 rings (SSSR count). The lowest BCUT2D eigenvalue weighted by molar-refractivity contribution is 0.240. The van der Waals surface area contributed by atoms with Gasteiger partial charge in [0.25, 0.3) is 0 Å². The molecule has 1 saturated heterocycles. The maximum atomic E-state index is 14.5. The van der Waals surface area contributed by atoms with E-state index in [0.717, 1.165) is 31.7 Å². The minimum absolute atomic E-state index is 0. The molecule has 0 radical (unpaired) electrons. The lowest BCUT2D eigenvalue weighted by Gasteiger charge is -2.29. The van der Waals surface area contributed by atoms with Crippen LogP contribution in [0, 0.1) is 5.82 Å². The van der Waals surface area contributed by atoms with Crippen LogP contribution in [0.1, 0.15) is 30.2 Å². The fourth-order valence-electron chi connectivity index (χ4n) is 3.29. The first kappa shape index (κ1) is 22.0. The van der Waals surface area contributed by atoms with Gasteiger partial charge in [0, 0.05) is 24.2 Å². The van der Waals surface area contributed by atoms with Gasteiger partial charge in [0.2, 0.25) is 0 Å². The normalized spacial score (nSPS) is 16.0. The molecule has 0 saturated carbocycles. The van der Waals surface area contributed by atoms with Gasteiger partial charge in [-0.3, -0.25) is 9.89 Å². The molecular weight excluding hydrogens is 482 g/mol. The van der Waals surface area contributed by atoms with Crippen molar-refractivity contribution in [2.45, 2.75) is 25.4 Å². The molecule has 148 valence electrons. The molecule has 1 fully saturated rings. The van der Waals surface area contributed by atoms with Crippen molar-refractivity contribution in [2.75, 3.05) is 26.7 Å². The Morgan fingerprint density at radius 3 is 2.67 bits per heavy atom. The number of hydrogen-bond acceptors (Lipinski definition) is 3. The first-order valence-corrected chi connectivity index (χ1v) is 9.21. The predicted octanol–water partition coefficient (Wildman–Crippen LogP) is 4.19. The third-order valence-electron chi connectivity index (χ3n) is 4.61. The molecule has 2 heterocycles. The molecule has 27 heavy (non-hydrogen) atoms. The number of aliphatic imine (C=N–C) groups is 1. The topological polar surface area (TPSA) is 52.8 Å². The second-order valence-corrected chi connectivity index (χ2v) is 6.69. The van der Waals surface area contributed by atoms with Crippen LogP contribution in [-0.2, 0) is 6.54 Å². The second kappa shape index (κ2) is 10.9. The monoisotopic (exact) mass is 506 g/mol. The lowest BCUT2D eigenvalue weighted by Crippen LogP contribution is -2.42. The zero-order valence-electron chi connectivity index (χ0n) is 15.3. The Balaban J connectivity index is 0.00000261. The maximum absolute atomic E-state index is 14.5. The van der Waals surface area contributed by atoms with Crippen LogP contribution in [0.15, 0.2) is 46.0 Å². The molecule has 2 aromatic rings. The van der Waals surface area contributed by atoms with Gasteiger partial charge in [-0.25, -0.2) is 4.39 Å². The average Bonchev–Trinajstić information content (AvgIpc) is 3.33. The summed E-state index contributed by atoms with van der Waals surface area (Å²) in [5.74, 6) is 1.19. The third kappa shape index (κ3) is 5.83. The van der Waals surface area contributed by atoms with Gasteiger partial charge in [-0.2, -0.15) is 0 Å². The van der Waals surface area contributed by atoms with E-state index in [1.54, 1.807) is 25.4 Å². The van der Waals surface area contributed by atoms with Crippen LogP contribution in [0.25, 0.3) is 0 Å². The van der Waals surface area contributed by atoms with E-state index in [4.69, 9.17) is 16.0 Å². The molecule has 1 aliphatic rings. The summed E-state index contributed by atoms with van der Waals surface area (Å²) in [4.78, 5) is 6.51. The Kier molecular flexibility index (Phi) is 8.85. The van der Waals surface area contributed by atoms with E-state index in [1.807, 2.05) is 12.1 Å². The van der Waals surface area contributed by atoms with E-state index >= 15 is 0 Å². The van der Waals surface area contributed by atoms with Crippen LogP contribution in [0.4, 0.5) is 4.39 Å². The van der Waals surface area contributed by atoms with Crippen LogP contribution in [0.3, 0.4) is 0 Å². The number of benzene rings is 1. The smallest absolute Gasteiger partial charge is 0.191 e. The summed E-state index contributed by atoms with van der Waals surface area (Å²) < 4.78 is 19.8. The van der Waals surface area contributed by atoms with Crippen LogP contribution in [0.5, 0.6) is 0 Å². The molecule has 0 aliphatic carbocycles. The maximum Gasteiger partial charge on any atom is 0.191 e. The average molecular weight is 507 g/mol. The summed E-state index contributed by atoms with van der Waals surface area (Å²) in [5, 5.41) is 6.95. The van der Waals surface area contributed by atoms with Crippen molar-refractivity contribution in [3.8, 4) is 0 Å². The number of guanidine groups is 1. The van der Waals surface area contributed by atoms with Gasteiger partial charge < -0.3 is 15.1 Å². The highest BCUT2D eigenvalue weighted by molar-refractivity contribution is 14.0. The Hall–Kier alpha value is -1.32. The molecule has 1 atom stereocenters. The Bertz CT molecular complexity index is 715. The molecule has 0 amide bonds. The quantitative estimate of drug-likeness (QED) is 0.350. The Morgan fingerprint density at radius 2 is 2.04 bits per heavy atom. The first-order chi connectivity index (χ1) is 12.7. The standard InChI is InChI=1S/C19H24ClFN4O.HI/c1-22-19(23-12-14-6-5-11-26-14)24-13-17(25-9-2-3-10-25)18-15(20)7-4-8-16(18)21;/h4-8,11,17H,2-3,9-10,12-13H2,1H3,(H2,22,23,24);1H. The van der Waals surface area contributed by atoms with Gasteiger partial charge in [0.1, 0.15) is 11.6 Å². The lowest BCUT2D eigenvalue weighted by atomic mass is 10.0. The summed E-state index contributed by atoms with van der Waals surface area (Å²) in [6, 6.07) is 8.44. The molecule has 1 aliphatic heterocycles. The highest BCUT2D eigenvalue weighted by atomic mass is 127. The van der Waals surface area contributed by atoms with Gasteiger partial charge in [-0.15, -0.1) is 24.0 Å². The number of nitrogens with one attached hydrogen (secondary N) is 2. The second-order valence-electron chi connectivity index (χ2n) is 6.28. The molecule has 2 N–H and O–H groups in total. The Labute approximate surface area is 181 Å². The van der Waals surface area contributed by atoms with Crippen LogP contribution >= 0.6 is 35.6 Å². The molecule has 1 unspecified atom stereocenters. The van der Waals surface area contributed by atoms with E-state index in [1.165, 1.54) is 6.07 Å². The predicted molar refractivity (Wildman–Crippen MR) is 117 cm³/mol. The van der Waals surface area contributed by atoms with Crippen molar-refractivity contribution in [3.63, 3.8) is 0 Å². The number of halogens is 3. The fourth-order valence-corrected chi connectivity index (χ4v) is 3.58. The van der Waals surface area contributed by atoms with E-state index < -0.39 is 0 Å². The summed E-state index contributed by atoms with van der Waals surface area (Å²) in [6.45, 7) is 2.92. The summed E-state index contributed by atoms with van der Waals surface area (Å²) >= 11 is 6.33. The summed E-state index contributed by atoms with van der Waals surface area (Å²) in [5.41, 5.74) is 0.546. The zero-order chi connectivity index (χ0) is 18.4. The summed E-state index contributed by atoms with van der Waals surface area (Å²) in [7, 11) is 1.71. The van der Waals surface area contributed by atoms with Gasteiger partial charge in [0.15, 0.2) is 5.96 Å². The molecule has 8 heteroatoms. The molecule has 0 bridgehead atoms. The molecule has 1 aromatic carbocycles. The minimum atomic E-state index is -0.269. The van der Waals surface area contributed by atoms with Crippen molar-refractivity contribution in [2.24, 2.45) is 4.99 Å². The molecular formula is C19H25ClFIN4O. The van der Waals surface area contributed by atoms with Crippen LogP contribution in [-0.4, -0.2) is 37.5 Å². The van der Waals surface area contributed by atoms with Gasteiger partial charge >= 0.3 is 0 Å².